The van der Waals surface area contributed by atoms with Crippen molar-refractivity contribution in [2.45, 2.75) is 45.3 Å². The van der Waals surface area contributed by atoms with Gasteiger partial charge < -0.3 is 5.32 Å². The largest absolute Gasteiger partial charge is 0.348 e. The van der Waals surface area contributed by atoms with E-state index in [0.29, 0.717) is 28.2 Å². The first-order chi connectivity index (χ1) is 12.9. The molecule has 0 aliphatic heterocycles. The summed E-state index contributed by atoms with van der Waals surface area (Å²) in [5, 5.41) is 11.9. The summed E-state index contributed by atoms with van der Waals surface area (Å²) in [6.07, 6.45) is 3.71. The summed E-state index contributed by atoms with van der Waals surface area (Å²) in [7, 11) is 0. The fraction of sp³-hybridized carbons (Fsp3) is 0.368. The molecule has 27 heavy (non-hydrogen) atoms. The maximum absolute atomic E-state index is 13.3. The Hall–Kier alpha value is -3.03. The van der Waals surface area contributed by atoms with Crippen molar-refractivity contribution in [1.82, 2.24) is 24.9 Å². The molecule has 8 heteroatoms. The van der Waals surface area contributed by atoms with Crippen LogP contribution in [-0.2, 0) is 11.3 Å². The normalized spacial score (nSPS) is 15.1. The summed E-state index contributed by atoms with van der Waals surface area (Å²) < 4.78 is 16.3. The van der Waals surface area contributed by atoms with Gasteiger partial charge in [0.2, 0.25) is 5.91 Å². The van der Waals surface area contributed by atoms with Gasteiger partial charge in [0, 0.05) is 0 Å². The zero-order chi connectivity index (χ0) is 19.1. The molecule has 140 valence electrons. The Morgan fingerprint density at radius 2 is 2.19 bits per heavy atom. The summed E-state index contributed by atoms with van der Waals surface area (Å²) in [4.78, 5) is 25.1. The highest BCUT2D eigenvalue weighted by Crippen LogP contribution is 2.36. The number of benzene rings is 1. The van der Waals surface area contributed by atoms with Crippen molar-refractivity contribution in [3.8, 4) is 0 Å². The molecule has 2 heterocycles. The summed E-state index contributed by atoms with van der Waals surface area (Å²) in [5.74, 6) is -0.729. The molecular weight excluding hydrogens is 349 g/mol. The second kappa shape index (κ2) is 6.61. The Labute approximate surface area is 154 Å². The predicted octanol–water partition coefficient (Wildman–Crippen LogP) is 2.25. The summed E-state index contributed by atoms with van der Waals surface area (Å²) in [6, 6.07) is 6.01. The van der Waals surface area contributed by atoms with Crippen LogP contribution >= 0.6 is 0 Å². The number of halogens is 1. The fourth-order valence-corrected chi connectivity index (χ4v) is 3.25. The molecule has 1 aliphatic carbocycles. The Kier molecular flexibility index (Phi) is 4.25. The topological polar surface area (TPSA) is 81.8 Å². The second-order valence-corrected chi connectivity index (χ2v) is 6.97. The number of hydrogen-bond acceptors (Lipinski definition) is 4. The van der Waals surface area contributed by atoms with Gasteiger partial charge >= 0.3 is 0 Å². The van der Waals surface area contributed by atoms with Crippen LogP contribution in [0, 0.1) is 12.7 Å². The number of carbonyl (C=O) groups is 1. The summed E-state index contributed by atoms with van der Waals surface area (Å²) in [6.45, 7) is 3.34. The molecule has 0 saturated heterocycles. The number of aryl methyl sites for hydroxylation is 1. The molecule has 1 N–H and O–H groups in total. The highest BCUT2D eigenvalue weighted by molar-refractivity contribution is 5.81. The van der Waals surface area contributed by atoms with Crippen molar-refractivity contribution < 1.29 is 9.18 Å². The molecule has 1 atom stereocenters. The van der Waals surface area contributed by atoms with E-state index in [4.69, 9.17) is 0 Å². The maximum Gasteiger partial charge on any atom is 0.278 e. The third kappa shape index (κ3) is 3.34. The lowest BCUT2D eigenvalue weighted by molar-refractivity contribution is -0.122. The van der Waals surface area contributed by atoms with E-state index in [2.05, 4.69) is 15.5 Å². The van der Waals surface area contributed by atoms with E-state index in [0.717, 1.165) is 17.5 Å². The van der Waals surface area contributed by atoms with Gasteiger partial charge in [0.25, 0.3) is 5.56 Å². The quantitative estimate of drug-likeness (QED) is 0.748. The molecule has 1 aromatic carbocycles. The Morgan fingerprint density at radius 1 is 1.41 bits per heavy atom. The smallest absolute Gasteiger partial charge is 0.278 e. The lowest BCUT2D eigenvalue weighted by Crippen LogP contribution is -2.35. The second-order valence-electron chi connectivity index (χ2n) is 6.97. The Morgan fingerprint density at radius 3 is 2.89 bits per heavy atom. The molecule has 2 aromatic heterocycles. The van der Waals surface area contributed by atoms with Gasteiger partial charge in [-0.1, -0.05) is 12.1 Å². The van der Waals surface area contributed by atoms with Crippen LogP contribution in [0.5, 0.6) is 0 Å². The molecule has 7 nitrogen and oxygen atoms in total. The van der Waals surface area contributed by atoms with Crippen molar-refractivity contribution in [1.29, 1.82) is 0 Å². The number of carbonyl (C=O) groups excluding carboxylic acids is 1. The van der Waals surface area contributed by atoms with Gasteiger partial charge in [-0.05, 0) is 44.4 Å². The average molecular weight is 369 g/mol. The number of nitrogens with one attached hydrogen (secondary N) is 1. The van der Waals surface area contributed by atoms with Crippen LogP contribution in [0.25, 0.3) is 10.9 Å². The van der Waals surface area contributed by atoms with Crippen LogP contribution in [-0.4, -0.2) is 25.5 Å². The van der Waals surface area contributed by atoms with Crippen LogP contribution in [0.3, 0.4) is 0 Å². The number of hydrogen-bond donors (Lipinski definition) is 1. The van der Waals surface area contributed by atoms with Crippen LogP contribution in [0.4, 0.5) is 4.39 Å². The zero-order valence-corrected chi connectivity index (χ0v) is 15.1. The minimum Gasteiger partial charge on any atom is -0.348 e. The van der Waals surface area contributed by atoms with Gasteiger partial charge in [-0.25, -0.2) is 9.07 Å². The van der Waals surface area contributed by atoms with Crippen LogP contribution in [0.2, 0.25) is 0 Å². The summed E-state index contributed by atoms with van der Waals surface area (Å²) in [5.41, 5.74) is 1.68. The van der Waals surface area contributed by atoms with Gasteiger partial charge in [-0.15, -0.1) is 0 Å². The minimum absolute atomic E-state index is 0.206. The number of nitrogens with zero attached hydrogens (tertiary/aromatic N) is 4. The number of amides is 1. The molecule has 4 rings (SSSR count). The lowest BCUT2D eigenvalue weighted by atomic mass is 10.1. The third-order valence-electron chi connectivity index (χ3n) is 4.80. The van der Waals surface area contributed by atoms with E-state index in [1.54, 1.807) is 32.2 Å². The fourth-order valence-electron chi connectivity index (χ4n) is 3.25. The van der Waals surface area contributed by atoms with Gasteiger partial charge in [0.15, 0.2) is 0 Å². The first-order valence-electron chi connectivity index (χ1n) is 8.94. The van der Waals surface area contributed by atoms with Crippen LogP contribution in [0.15, 0.2) is 35.3 Å². The van der Waals surface area contributed by atoms with E-state index < -0.39 is 0 Å². The molecule has 1 saturated carbocycles. The molecule has 0 bridgehead atoms. The SMILES string of the molecule is Cc1nn(C2CC2)c2cnn(CC(=O)NC(C)c3cccc(F)c3)c(=O)c12. The van der Waals surface area contributed by atoms with Gasteiger partial charge in [-0.3, -0.25) is 14.3 Å². The molecule has 1 aliphatic rings. The molecule has 0 spiro atoms. The number of aromatic nitrogens is 4. The molecule has 1 unspecified atom stereocenters. The Balaban J connectivity index is 1.54. The van der Waals surface area contributed by atoms with Crippen LogP contribution < -0.4 is 10.9 Å². The van der Waals surface area contributed by atoms with Crippen molar-refractivity contribution in [2.75, 3.05) is 0 Å². The van der Waals surface area contributed by atoms with E-state index in [9.17, 15) is 14.0 Å². The van der Waals surface area contributed by atoms with Crippen molar-refractivity contribution in [3.05, 3.63) is 57.9 Å². The first kappa shape index (κ1) is 17.4. The monoisotopic (exact) mass is 369 g/mol. The van der Waals surface area contributed by atoms with Crippen molar-refractivity contribution >= 4 is 16.8 Å². The third-order valence-corrected chi connectivity index (χ3v) is 4.80. The Bertz CT molecular complexity index is 1080. The van der Waals surface area contributed by atoms with Crippen molar-refractivity contribution in [2.24, 2.45) is 0 Å². The van der Waals surface area contributed by atoms with Crippen LogP contribution in [0.1, 0.15) is 43.1 Å². The van der Waals surface area contributed by atoms with Gasteiger partial charge in [0.1, 0.15) is 12.4 Å². The zero-order valence-electron chi connectivity index (χ0n) is 15.1. The summed E-state index contributed by atoms with van der Waals surface area (Å²) >= 11 is 0. The minimum atomic E-state index is -0.382. The maximum atomic E-state index is 13.3. The number of fused-ring (bicyclic) bond motifs is 1. The van der Waals surface area contributed by atoms with Gasteiger partial charge in [-0.2, -0.15) is 10.2 Å². The number of rotatable bonds is 5. The van der Waals surface area contributed by atoms with E-state index in [1.807, 2.05) is 4.68 Å². The first-order valence-corrected chi connectivity index (χ1v) is 8.94. The molecule has 1 amide bonds. The van der Waals surface area contributed by atoms with Crippen molar-refractivity contribution in [3.63, 3.8) is 0 Å². The van der Waals surface area contributed by atoms with E-state index in [-0.39, 0.29) is 29.9 Å². The molecular formula is C19H20FN5O2. The predicted molar refractivity (Wildman–Crippen MR) is 97.8 cm³/mol. The van der Waals surface area contributed by atoms with E-state index >= 15 is 0 Å². The highest BCUT2D eigenvalue weighted by Gasteiger charge is 2.28. The average Bonchev–Trinajstić information content (AvgIpc) is 3.41. The van der Waals surface area contributed by atoms with E-state index in [1.165, 1.54) is 12.1 Å². The molecule has 1 fully saturated rings. The molecule has 0 radical (unpaired) electrons. The lowest BCUT2D eigenvalue weighted by Gasteiger charge is -2.14. The van der Waals surface area contributed by atoms with Gasteiger partial charge in [0.05, 0.1) is 34.9 Å². The standard InChI is InChI=1S/C19H20FN5O2/c1-11(13-4-3-5-14(20)8-13)22-17(26)10-24-19(27)18-12(2)23-25(15-6-7-15)16(18)9-21-24/h3-5,8-9,11,15H,6-7,10H2,1-2H3,(H,22,26). The highest BCUT2D eigenvalue weighted by atomic mass is 19.1. The molecule has 3 aromatic rings.